The van der Waals surface area contributed by atoms with Crippen LogP contribution in [0.25, 0.3) is 0 Å². The molecule has 1 unspecified atom stereocenters. The highest BCUT2D eigenvalue weighted by atomic mass is 19.4. The molecule has 0 amide bonds. The summed E-state index contributed by atoms with van der Waals surface area (Å²) in [5.74, 6) is 0. The molecule has 0 bridgehead atoms. The summed E-state index contributed by atoms with van der Waals surface area (Å²) in [5.41, 5.74) is 1.30. The molecule has 0 aromatic heterocycles. The van der Waals surface area contributed by atoms with Crippen molar-refractivity contribution in [3.8, 4) is 0 Å². The van der Waals surface area contributed by atoms with Gasteiger partial charge in [0.15, 0.2) is 5.60 Å². The Kier molecular flexibility index (Phi) is 3.82. The first-order valence-corrected chi connectivity index (χ1v) is 6.40. The fourth-order valence-electron chi connectivity index (χ4n) is 2.35. The smallest absolute Gasteiger partial charge is 0.379 e. The zero-order chi connectivity index (χ0) is 15.7. The van der Waals surface area contributed by atoms with Crippen molar-refractivity contribution in [2.75, 3.05) is 0 Å². The van der Waals surface area contributed by atoms with Crippen molar-refractivity contribution in [1.82, 2.24) is 0 Å². The first-order chi connectivity index (χ1) is 9.71. The lowest BCUT2D eigenvalue weighted by atomic mass is 9.71. The first kappa shape index (κ1) is 15.5. The van der Waals surface area contributed by atoms with Gasteiger partial charge in [0.2, 0.25) is 0 Å². The van der Waals surface area contributed by atoms with E-state index < -0.39 is 17.3 Å². The summed E-state index contributed by atoms with van der Waals surface area (Å²) in [6.45, 7) is 0.701. The molecule has 3 N–H and O–H groups in total. The highest BCUT2D eigenvalue weighted by molar-refractivity contribution is 5.42. The number of benzene rings is 2. The second-order valence-electron chi connectivity index (χ2n) is 5.11. The molecule has 0 aliphatic carbocycles. The van der Waals surface area contributed by atoms with Gasteiger partial charge in [0.1, 0.15) is 5.54 Å². The Bertz CT molecular complexity index is 554. The van der Waals surface area contributed by atoms with Crippen LogP contribution < -0.4 is 5.73 Å². The van der Waals surface area contributed by atoms with Crippen molar-refractivity contribution in [3.05, 3.63) is 71.8 Å². The topological polar surface area (TPSA) is 46.2 Å². The molecular formula is C16H16F3NO. The molecule has 112 valence electrons. The van der Waals surface area contributed by atoms with Gasteiger partial charge < -0.3 is 10.8 Å². The summed E-state index contributed by atoms with van der Waals surface area (Å²) in [7, 11) is 0. The molecule has 21 heavy (non-hydrogen) atoms. The third-order valence-electron chi connectivity index (χ3n) is 3.78. The minimum atomic E-state index is -4.88. The van der Waals surface area contributed by atoms with Crippen LogP contribution in [0.3, 0.4) is 0 Å². The lowest BCUT2D eigenvalue weighted by molar-refractivity contribution is -0.273. The van der Waals surface area contributed by atoms with Crippen molar-refractivity contribution < 1.29 is 18.3 Å². The Hall–Kier alpha value is -1.85. The van der Waals surface area contributed by atoms with Gasteiger partial charge in [-0.2, -0.15) is 13.2 Å². The van der Waals surface area contributed by atoms with Gasteiger partial charge in [-0.25, -0.2) is 0 Å². The second-order valence-corrected chi connectivity index (χ2v) is 5.11. The Morgan fingerprint density at radius 2 is 1.14 bits per heavy atom. The molecule has 0 saturated carbocycles. The monoisotopic (exact) mass is 295 g/mol. The third kappa shape index (κ3) is 2.43. The lowest BCUT2D eigenvalue weighted by Gasteiger charge is -2.44. The molecule has 0 spiro atoms. The minimum absolute atomic E-state index is 0.193. The van der Waals surface area contributed by atoms with E-state index in [0.717, 1.165) is 0 Å². The maximum atomic E-state index is 13.4. The molecule has 0 saturated heterocycles. The zero-order valence-electron chi connectivity index (χ0n) is 11.4. The van der Waals surface area contributed by atoms with E-state index in [1.165, 1.54) is 24.3 Å². The fourth-order valence-corrected chi connectivity index (χ4v) is 2.35. The van der Waals surface area contributed by atoms with E-state index in [2.05, 4.69) is 0 Å². The summed E-state index contributed by atoms with van der Waals surface area (Å²) in [5, 5.41) is 10.2. The van der Waals surface area contributed by atoms with Gasteiger partial charge in [0, 0.05) is 0 Å². The molecule has 0 aliphatic rings. The van der Waals surface area contributed by atoms with E-state index in [1.807, 2.05) is 0 Å². The molecule has 0 heterocycles. The summed E-state index contributed by atoms with van der Waals surface area (Å²) >= 11 is 0. The number of nitrogens with two attached hydrogens (primary N) is 1. The number of hydrogen-bond acceptors (Lipinski definition) is 2. The molecule has 2 rings (SSSR count). The van der Waals surface area contributed by atoms with Crippen LogP contribution in [0.2, 0.25) is 0 Å². The Balaban J connectivity index is 2.73. The quantitative estimate of drug-likeness (QED) is 0.913. The summed E-state index contributed by atoms with van der Waals surface area (Å²) in [6.07, 6.45) is -4.88. The predicted molar refractivity (Wildman–Crippen MR) is 74.5 cm³/mol. The Morgan fingerprint density at radius 1 is 0.810 bits per heavy atom. The van der Waals surface area contributed by atoms with Crippen LogP contribution >= 0.6 is 0 Å². The minimum Gasteiger partial charge on any atom is -0.379 e. The second kappa shape index (κ2) is 5.16. The third-order valence-corrected chi connectivity index (χ3v) is 3.78. The van der Waals surface area contributed by atoms with E-state index >= 15 is 0 Å². The van der Waals surface area contributed by atoms with Crippen LogP contribution in [0, 0.1) is 0 Å². The SMILES string of the molecule is CC(O)(C(F)(F)F)C(N)(c1ccccc1)c1ccccc1. The van der Waals surface area contributed by atoms with Crippen molar-refractivity contribution in [3.63, 3.8) is 0 Å². The molecule has 2 aromatic carbocycles. The molecule has 2 aromatic rings. The molecule has 2 nitrogen and oxygen atoms in total. The average Bonchev–Trinajstić information content (AvgIpc) is 2.47. The first-order valence-electron chi connectivity index (χ1n) is 6.40. The fraction of sp³-hybridized carbons (Fsp3) is 0.250. The van der Waals surface area contributed by atoms with E-state index in [4.69, 9.17) is 5.73 Å². The van der Waals surface area contributed by atoms with Gasteiger partial charge in [-0.1, -0.05) is 60.7 Å². The molecule has 0 radical (unpaired) electrons. The largest absolute Gasteiger partial charge is 0.419 e. The van der Waals surface area contributed by atoms with Crippen LogP contribution in [0.4, 0.5) is 13.2 Å². The average molecular weight is 295 g/mol. The number of rotatable bonds is 3. The Labute approximate surface area is 121 Å². The maximum absolute atomic E-state index is 13.4. The van der Waals surface area contributed by atoms with Crippen LogP contribution in [0.1, 0.15) is 18.1 Å². The normalized spacial score (nSPS) is 15.5. The summed E-state index contributed by atoms with van der Waals surface area (Å²) < 4.78 is 40.1. The number of alkyl halides is 3. The van der Waals surface area contributed by atoms with Crippen LogP contribution in [-0.2, 0) is 5.54 Å². The van der Waals surface area contributed by atoms with E-state index in [-0.39, 0.29) is 11.1 Å². The standard InChI is InChI=1S/C16H16F3NO/c1-14(21,16(17,18)19)15(20,12-8-4-2-5-9-12)13-10-6-3-7-11-13/h2-11,21H,20H2,1H3. The molecular weight excluding hydrogens is 279 g/mol. The predicted octanol–water partition coefficient (Wildman–Crippen LogP) is 3.20. The van der Waals surface area contributed by atoms with Crippen LogP contribution in [-0.4, -0.2) is 16.9 Å². The van der Waals surface area contributed by atoms with Crippen LogP contribution in [0.5, 0.6) is 0 Å². The number of hydrogen-bond donors (Lipinski definition) is 2. The molecule has 0 fully saturated rings. The van der Waals surface area contributed by atoms with Crippen molar-refractivity contribution in [2.24, 2.45) is 5.73 Å². The van der Waals surface area contributed by atoms with Crippen molar-refractivity contribution in [1.29, 1.82) is 0 Å². The van der Waals surface area contributed by atoms with Gasteiger partial charge in [-0.05, 0) is 18.1 Å². The van der Waals surface area contributed by atoms with Gasteiger partial charge >= 0.3 is 6.18 Å². The van der Waals surface area contributed by atoms with E-state index in [1.54, 1.807) is 36.4 Å². The van der Waals surface area contributed by atoms with E-state index in [9.17, 15) is 18.3 Å². The summed E-state index contributed by atoms with van der Waals surface area (Å²) in [6, 6.07) is 15.6. The molecule has 5 heteroatoms. The van der Waals surface area contributed by atoms with Gasteiger partial charge in [0.25, 0.3) is 0 Å². The van der Waals surface area contributed by atoms with Crippen LogP contribution in [0.15, 0.2) is 60.7 Å². The van der Waals surface area contributed by atoms with Gasteiger partial charge in [-0.15, -0.1) is 0 Å². The van der Waals surface area contributed by atoms with E-state index in [0.29, 0.717) is 6.92 Å². The highest BCUT2D eigenvalue weighted by Crippen LogP contribution is 2.46. The zero-order valence-corrected chi connectivity index (χ0v) is 11.4. The molecule has 1 atom stereocenters. The lowest BCUT2D eigenvalue weighted by Crippen LogP contribution is -2.64. The maximum Gasteiger partial charge on any atom is 0.419 e. The van der Waals surface area contributed by atoms with Gasteiger partial charge in [-0.3, -0.25) is 0 Å². The Morgan fingerprint density at radius 3 is 1.43 bits per heavy atom. The van der Waals surface area contributed by atoms with Crippen molar-refractivity contribution in [2.45, 2.75) is 24.2 Å². The molecule has 0 aliphatic heterocycles. The number of aliphatic hydroxyl groups is 1. The highest BCUT2D eigenvalue weighted by Gasteiger charge is 2.62. The van der Waals surface area contributed by atoms with Crippen molar-refractivity contribution >= 4 is 0 Å². The van der Waals surface area contributed by atoms with Gasteiger partial charge in [0.05, 0.1) is 0 Å². The summed E-state index contributed by atoms with van der Waals surface area (Å²) in [4.78, 5) is 0. The number of halogens is 3.